The van der Waals surface area contributed by atoms with Crippen molar-refractivity contribution in [3.63, 3.8) is 0 Å². The number of anilines is 1. The molecule has 0 spiro atoms. The van der Waals surface area contributed by atoms with Crippen LogP contribution in [0.25, 0.3) is 0 Å². The lowest BCUT2D eigenvalue weighted by Crippen LogP contribution is -2.41. The molecule has 1 aliphatic rings. The van der Waals surface area contributed by atoms with Gasteiger partial charge in [-0.25, -0.2) is 0 Å². The molecule has 110 valence electrons. The minimum absolute atomic E-state index is 0.130. The van der Waals surface area contributed by atoms with Crippen LogP contribution >= 0.6 is 0 Å². The van der Waals surface area contributed by atoms with E-state index >= 15 is 0 Å². The zero-order chi connectivity index (χ0) is 14.5. The van der Waals surface area contributed by atoms with Gasteiger partial charge in [0.2, 0.25) is 0 Å². The Morgan fingerprint density at radius 3 is 3.00 bits per heavy atom. The molecule has 0 bridgehead atoms. The van der Waals surface area contributed by atoms with Gasteiger partial charge in [0, 0.05) is 32.7 Å². The van der Waals surface area contributed by atoms with Crippen LogP contribution in [0.15, 0.2) is 18.2 Å². The van der Waals surface area contributed by atoms with Gasteiger partial charge in [-0.1, -0.05) is 13.0 Å². The summed E-state index contributed by atoms with van der Waals surface area (Å²) in [4.78, 5) is 13.0. The van der Waals surface area contributed by atoms with E-state index in [9.17, 15) is 10.1 Å². The highest BCUT2D eigenvalue weighted by Crippen LogP contribution is 2.26. The Hall–Kier alpha value is -1.66. The Kier molecular flexibility index (Phi) is 4.92. The standard InChI is InChI=1S/C14H21N3O3/c1-3-12-10-16(6-7-20-12)9-11-4-5-13(15-2)14(8-11)17(18)19/h4-5,8,12,15H,3,6-7,9-10H2,1-2H3. The molecule has 0 saturated carbocycles. The fourth-order valence-corrected chi connectivity index (χ4v) is 2.47. The summed E-state index contributed by atoms with van der Waals surface area (Å²) in [7, 11) is 1.69. The van der Waals surface area contributed by atoms with Crippen molar-refractivity contribution in [2.45, 2.75) is 26.0 Å². The minimum atomic E-state index is -0.344. The number of morpholine rings is 1. The number of benzene rings is 1. The van der Waals surface area contributed by atoms with Gasteiger partial charge in [0.15, 0.2) is 0 Å². The highest BCUT2D eigenvalue weighted by Gasteiger charge is 2.20. The molecule has 0 radical (unpaired) electrons. The molecule has 0 aromatic heterocycles. The second-order valence-corrected chi connectivity index (χ2v) is 4.99. The van der Waals surface area contributed by atoms with Gasteiger partial charge in [0.05, 0.1) is 17.6 Å². The highest BCUT2D eigenvalue weighted by molar-refractivity contribution is 5.62. The van der Waals surface area contributed by atoms with E-state index in [2.05, 4.69) is 17.1 Å². The van der Waals surface area contributed by atoms with Crippen LogP contribution in [-0.2, 0) is 11.3 Å². The van der Waals surface area contributed by atoms with Crippen LogP contribution in [0.5, 0.6) is 0 Å². The Bertz CT molecular complexity index is 479. The molecule has 1 heterocycles. The maximum atomic E-state index is 11.1. The van der Waals surface area contributed by atoms with Crippen LogP contribution in [0.4, 0.5) is 11.4 Å². The normalized spacial score (nSPS) is 19.8. The number of nitrogens with one attached hydrogen (secondary N) is 1. The van der Waals surface area contributed by atoms with Crippen LogP contribution in [0.3, 0.4) is 0 Å². The molecule has 1 aromatic carbocycles. The molecule has 1 saturated heterocycles. The van der Waals surface area contributed by atoms with Crippen LogP contribution in [-0.4, -0.2) is 42.7 Å². The van der Waals surface area contributed by atoms with Crippen molar-refractivity contribution in [3.05, 3.63) is 33.9 Å². The largest absolute Gasteiger partial charge is 0.383 e. The van der Waals surface area contributed by atoms with Gasteiger partial charge < -0.3 is 10.1 Å². The van der Waals surface area contributed by atoms with E-state index in [0.717, 1.165) is 38.2 Å². The van der Waals surface area contributed by atoms with Crippen molar-refractivity contribution >= 4 is 11.4 Å². The van der Waals surface area contributed by atoms with Crippen molar-refractivity contribution in [3.8, 4) is 0 Å². The molecule has 2 rings (SSSR count). The number of hydrogen-bond donors (Lipinski definition) is 1. The first-order chi connectivity index (χ1) is 9.63. The fraction of sp³-hybridized carbons (Fsp3) is 0.571. The molecule has 1 unspecified atom stereocenters. The van der Waals surface area contributed by atoms with E-state index in [1.165, 1.54) is 0 Å². The summed E-state index contributed by atoms with van der Waals surface area (Å²) >= 11 is 0. The molecule has 6 nitrogen and oxygen atoms in total. The van der Waals surface area contributed by atoms with E-state index in [1.807, 2.05) is 6.07 Å². The van der Waals surface area contributed by atoms with Gasteiger partial charge in [0.25, 0.3) is 5.69 Å². The number of hydrogen-bond acceptors (Lipinski definition) is 5. The van der Waals surface area contributed by atoms with Crippen LogP contribution in [0.1, 0.15) is 18.9 Å². The maximum Gasteiger partial charge on any atom is 0.292 e. The highest BCUT2D eigenvalue weighted by atomic mass is 16.6. The third-order valence-electron chi connectivity index (χ3n) is 3.61. The third-order valence-corrected chi connectivity index (χ3v) is 3.61. The van der Waals surface area contributed by atoms with Crippen LogP contribution in [0, 0.1) is 10.1 Å². The topological polar surface area (TPSA) is 67.6 Å². The van der Waals surface area contributed by atoms with Gasteiger partial charge in [0.1, 0.15) is 5.69 Å². The van der Waals surface area contributed by atoms with Gasteiger partial charge >= 0.3 is 0 Å². The number of nitro benzene ring substituents is 1. The lowest BCUT2D eigenvalue weighted by atomic mass is 10.1. The average molecular weight is 279 g/mol. The quantitative estimate of drug-likeness (QED) is 0.661. The van der Waals surface area contributed by atoms with E-state index in [4.69, 9.17) is 4.74 Å². The Morgan fingerprint density at radius 2 is 2.35 bits per heavy atom. The predicted octanol–water partition coefficient (Wildman–Crippen LogP) is 2.25. The zero-order valence-electron chi connectivity index (χ0n) is 12.0. The molecule has 1 atom stereocenters. The van der Waals surface area contributed by atoms with E-state index in [0.29, 0.717) is 5.69 Å². The summed E-state index contributed by atoms with van der Waals surface area (Å²) in [5.41, 5.74) is 1.64. The molecule has 20 heavy (non-hydrogen) atoms. The number of nitrogens with zero attached hydrogens (tertiary/aromatic N) is 2. The van der Waals surface area contributed by atoms with E-state index < -0.39 is 0 Å². The Balaban J connectivity index is 2.09. The molecule has 1 aliphatic heterocycles. The summed E-state index contributed by atoms with van der Waals surface area (Å²) in [6.45, 7) is 5.33. The first-order valence-electron chi connectivity index (χ1n) is 6.93. The summed E-state index contributed by atoms with van der Waals surface area (Å²) in [6.07, 6.45) is 1.27. The van der Waals surface area contributed by atoms with Gasteiger partial charge in [-0.3, -0.25) is 15.0 Å². The molecule has 6 heteroatoms. The number of nitro groups is 1. The molecular formula is C14H21N3O3. The minimum Gasteiger partial charge on any atom is -0.383 e. The monoisotopic (exact) mass is 279 g/mol. The molecule has 0 aliphatic carbocycles. The van der Waals surface area contributed by atoms with Gasteiger partial charge in [-0.15, -0.1) is 0 Å². The molecule has 0 amide bonds. The second-order valence-electron chi connectivity index (χ2n) is 4.99. The SMILES string of the molecule is CCC1CN(Cc2ccc(NC)c([N+](=O)[O-])c2)CCO1. The Labute approximate surface area is 118 Å². The van der Waals surface area contributed by atoms with Crippen molar-refractivity contribution < 1.29 is 9.66 Å². The van der Waals surface area contributed by atoms with Gasteiger partial charge in [-0.05, 0) is 18.1 Å². The van der Waals surface area contributed by atoms with Gasteiger partial charge in [-0.2, -0.15) is 0 Å². The van der Waals surface area contributed by atoms with Crippen molar-refractivity contribution in [2.75, 3.05) is 32.1 Å². The number of rotatable bonds is 5. The first kappa shape index (κ1) is 14.7. The molecule has 1 N–H and O–H groups in total. The van der Waals surface area contributed by atoms with Crippen molar-refractivity contribution in [1.29, 1.82) is 0 Å². The van der Waals surface area contributed by atoms with Crippen molar-refractivity contribution in [1.82, 2.24) is 4.90 Å². The third kappa shape index (κ3) is 3.46. The van der Waals surface area contributed by atoms with Crippen LogP contribution in [0.2, 0.25) is 0 Å². The van der Waals surface area contributed by atoms with Crippen LogP contribution < -0.4 is 5.32 Å². The second kappa shape index (κ2) is 6.67. The maximum absolute atomic E-state index is 11.1. The summed E-state index contributed by atoms with van der Waals surface area (Å²) in [5, 5.41) is 13.9. The molecule has 1 aromatic rings. The molecular weight excluding hydrogens is 258 g/mol. The lowest BCUT2D eigenvalue weighted by Gasteiger charge is -2.32. The average Bonchev–Trinajstić information content (AvgIpc) is 2.47. The predicted molar refractivity (Wildman–Crippen MR) is 78.0 cm³/mol. The smallest absolute Gasteiger partial charge is 0.292 e. The summed E-state index contributed by atoms with van der Waals surface area (Å²) < 4.78 is 5.63. The number of ether oxygens (including phenoxy) is 1. The lowest BCUT2D eigenvalue weighted by molar-refractivity contribution is -0.384. The zero-order valence-corrected chi connectivity index (χ0v) is 12.0. The Morgan fingerprint density at radius 1 is 1.55 bits per heavy atom. The fourth-order valence-electron chi connectivity index (χ4n) is 2.47. The summed E-state index contributed by atoms with van der Waals surface area (Å²) in [5.74, 6) is 0. The summed E-state index contributed by atoms with van der Waals surface area (Å²) in [6, 6.07) is 5.36. The van der Waals surface area contributed by atoms with Crippen molar-refractivity contribution in [2.24, 2.45) is 0 Å². The molecule has 1 fully saturated rings. The van der Waals surface area contributed by atoms with E-state index in [1.54, 1.807) is 19.2 Å². The first-order valence-corrected chi connectivity index (χ1v) is 6.93. The van der Waals surface area contributed by atoms with E-state index in [-0.39, 0.29) is 16.7 Å².